The van der Waals surface area contributed by atoms with E-state index in [9.17, 15) is 4.79 Å². The second kappa shape index (κ2) is 6.33. The third kappa shape index (κ3) is 3.87. The molecule has 3 nitrogen and oxygen atoms in total. The maximum Gasteiger partial charge on any atom is 0.310 e. The molecule has 0 aromatic heterocycles. The molecule has 0 radical (unpaired) electrons. The number of hydrogen-bond donors (Lipinski definition) is 0. The van der Waals surface area contributed by atoms with Gasteiger partial charge in [-0.15, -0.1) is 0 Å². The van der Waals surface area contributed by atoms with E-state index in [4.69, 9.17) is 9.47 Å². The molecule has 2 rings (SSSR count). The molecule has 1 aromatic rings. The molecule has 21 heavy (non-hydrogen) atoms. The molecule has 1 aliphatic rings. The summed E-state index contributed by atoms with van der Waals surface area (Å²) < 4.78 is 10.9. The molecule has 2 atom stereocenters. The van der Waals surface area contributed by atoms with Crippen LogP contribution >= 0.6 is 0 Å². The molecule has 0 saturated heterocycles. The lowest BCUT2D eigenvalue weighted by Crippen LogP contribution is -2.15. The predicted octanol–water partition coefficient (Wildman–Crippen LogP) is 3.85. The summed E-state index contributed by atoms with van der Waals surface area (Å²) in [5.74, 6) is 0.955. The van der Waals surface area contributed by atoms with E-state index < -0.39 is 0 Å². The molecule has 1 fully saturated rings. The maximum atomic E-state index is 12.1. The number of para-hydroxylation sites is 1. The number of esters is 1. The van der Waals surface area contributed by atoms with Gasteiger partial charge in [0.15, 0.2) is 0 Å². The van der Waals surface area contributed by atoms with E-state index in [1.54, 1.807) is 0 Å². The highest BCUT2D eigenvalue weighted by Crippen LogP contribution is 2.59. The van der Waals surface area contributed by atoms with Gasteiger partial charge in [-0.25, -0.2) is 0 Å². The highest BCUT2D eigenvalue weighted by molar-refractivity contribution is 5.78. The van der Waals surface area contributed by atoms with Crippen LogP contribution in [0.3, 0.4) is 0 Å². The number of carbonyl (C=O) groups excluding carboxylic acids is 1. The number of rotatable bonds is 6. The molecule has 3 heteroatoms. The molecule has 0 N–H and O–H groups in total. The molecule has 0 bridgehead atoms. The van der Waals surface area contributed by atoms with Crippen molar-refractivity contribution >= 4 is 5.97 Å². The third-order valence-electron chi connectivity index (χ3n) is 4.02. The maximum absolute atomic E-state index is 12.1. The van der Waals surface area contributed by atoms with Crippen LogP contribution in [0.1, 0.15) is 27.7 Å². The minimum Gasteiger partial charge on any atom is -0.490 e. The van der Waals surface area contributed by atoms with E-state index in [0.717, 1.165) is 5.75 Å². The molecule has 114 valence electrons. The SMILES string of the molecule is CC(C)=C[C@@H]1[C@H](C(=O)OCCOc2ccccc2)C1(C)C. The van der Waals surface area contributed by atoms with E-state index >= 15 is 0 Å². The summed E-state index contributed by atoms with van der Waals surface area (Å²) in [6, 6.07) is 9.54. The molecule has 0 spiro atoms. The topological polar surface area (TPSA) is 35.5 Å². The Labute approximate surface area is 127 Å². The minimum atomic E-state index is -0.112. The Bertz CT molecular complexity index is 513. The first-order valence-electron chi connectivity index (χ1n) is 7.42. The van der Waals surface area contributed by atoms with Crippen molar-refractivity contribution < 1.29 is 14.3 Å². The zero-order valence-corrected chi connectivity index (χ0v) is 13.3. The van der Waals surface area contributed by atoms with Crippen molar-refractivity contribution in [3.63, 3.8) is 0 Å². The zero-order valence-electron chi connectivity index (χ0n) is 13.3. The lowest BCUT2D eigenvalue weighted by molar-refractivity contribution is -0.146. The van der Waals surface area contributed by atoms with Gasteiger partial charge in [-0.2, -0.15) is 0 Å². The molecular weight excluding hydrogens is 264 g/mol. The first-order valence-corrected chi connectivity index (χ1v) is 7.42. The van der Waals surface area contributed by atoms with E-state index in [1.807, 2.05) is 30.3 Å². The van der Waals surface area contributed by atoms with Crippen molar-refractivity contribution in [3.8, 4) is 5.75 Å². The van der Waals surface area contributed by atoms with Crippen molar-refractivity contribution in [3.05, 3.63) is 42.0 Å². The smallest absolute Gasteiger partial charge is 0.310 e. The van der Waals surface area contributed by atoms with Crippen LogP contribution < -0.4 is 4.74 Å². The summed E-state index contributed by atoms with van der Waals surface area (Å²) >= 11 is 0. The highest BCUT2D eigenvalue weighted by Gasteiger charge is 2.61. The molecule has 0 heterocycles. The average Bonchev–Trinajstić information content (AvgIpc) is 2.96. The van der Waals surface area contributed by atoms with Crippen LogP contribution in [-0.4, -0.2) is 19.2 Å². The molecular formula is C18H24O3. The van der Waals surface area contributed by atoms with Gasteiger partial charge in [-0.1, -0.05) is 43.7 Å². The Morgan fingerprint density at radius 2 is 1.86 bits per heavy atom. The lowest BCUT2D eigenvalue weighted by Gasteiger charge is -2.07. The van der Waals surface area contributed by atoms with Gasteiger partial charge in [0.1, 0.15) is 19.0 Å². The summed E-state index contributed by atoms with van der Waals surface area (Å²) in [5, 5.41) is 0. The summed E-state index contributed by atoms with van der Waals surface area (Å²) in [7, 11) is 0. The Morgan fingerprint density at radius 1 is 1.19 bits per heavy atom. The number of hydrogen-bond acceptors (Lipinski definition) is 3. The zero-order chi connectivity index (χ0) is 15.5. The summed E-state index contributed by atoms with van der Waals surface area (Å²) in [5.41, 5.74) is 1.25. The van der Waals surface area contributed by atoms with Gasteiger partial charge in [0.25, 0.3) is 0 Å². The minimum absolute atomic E-state index is 0.00857. The van der Waals surface area contributed by atoms with Crippen molar-refractivity contribution in [2.75, 3.05) is 13.2 Å². The monoisotopic (exact) mass is 288 g/mol. The van der Waals surface area contributed by atoms with Crippen LogP contribution in [0.15, 0.2) is 42.0 Å². The van der Waals surface area contributed by atoms with Gasteiger partial charge in [-0.3, -0.25) is 4.79 Å². The Morgan fingerprint density at radius 3 is 2.48 bits per heavy atom. The second-order valence-electron chi connectivity index (χ2n) is 6.40. The lowest BCUT2D eigenvalue weighted by atomic mass is 10.1. The fraction of sp³-hybridized carbons (Fsp3) is 0.500. The first-order chi connectivity index (χ1) is 9.93. The van der Waals surface area contributed by atoms with Crippen LogP contribution in [0.4, 0.5) is 0 Å². The predicted molar refractivity (Wildman–Crippen MR) is 83.1 cm³/mol. The van der Waals surface area contributed by atoms with Crippen LogP contribution in [0.2, 0.25) is 0 Å². The highest BCUT2D eigenvalue weighted by atomic mass is 16.6. The van der Waals surface area contributed by atoms with Crippen molar-refractivity contribution in [1.29, 1.82) is 0 Å². The van der Waals surface area contributed by atoms with E-state index in [1.165, 1.54) is 5.57 Å². The second-order valence-corrected chi connectivity index (χ2v) is 6.40. The number of carbonyl (C=O) groups is 1. The van der Waals surface area contributed by atoms with Crippen molar-refractivity contribution in [1.82, 2.24) is 0 Å². The van der Waals surface area contributed by atoms with Crippen LogP contribution in [-0.2, 0) is 9.53 Å². The number of ether oxygens (including phenoxy) is 2. The average molecular weight is 288 g/mol. The van der Waals surface area contributed by atoms with Crippen molar-refractivity contribution in [2.45, 2.75) is 27.7 Å². The molecule has 1 saturated carbocycles. The summed E-state index contributed by atoms with van der Waals surface area (Å²) in [6.45, 7) is 9.03. The Kier molecular flexibility index (Phi) is 4.71. The number of allylic oxidation sites excluding steroid dienone is 2. The molecule has 0 amide bonds. The van der Waals surface area contributed by atoms with Gasteiger partial charge in [0, 0.05) is 0 Å². The van der Waals surface area contributed by atoms with Gasteiger partial charge in [0.2, 0.25) is 0 Å². The van der Waals surface area contributed by atoms with E-state index in [0.29, 0.717) is 19.1 Å². The molecule has 0 aliphatic heterocycles. The Hall–Kier alpha value is -1.77. The summed E-state index contributed by atoms with van der Waals surface area (Å²) in [4.78, 5) is 12.1. The van der Waals surface area contributed by atoms with Gasteiger partial charge in [-0.05, 0) is 37.3 Å². The van der Waals surface area contributed by atoms with Crippen LogP contribution in [0.5, 0.6) is 5.75 Å². The van der Waals surface area contributed by atoms with E-state index in [2.05, 4.69) is 33.8 Å². The van der Waals surface area contributed by atoms with Gasteiger partial charge >= 0.3 is 5.97 Å². The van der Waals surface area contributed by atoms with Gasteiger partial charge < -0.3 is 9.47 Å². The fourth-order valence-corrected chi connectivity index (χ4v) is 2.71. The first kappa shape index (κ1) is 15.6. The third-order valence-corrected chi connectivity index (χ3v) is 4.02. The van der Waals surface area contributed by atoms with Gasteiger partial charge in [0.05, 0.1) is 5.92 Å². The largest absolute Gasteiger partial charge is 0.490 e. The standard InChI is InChI=1S/C18H24O3/c1-13(2)12-15-16(18(15,3)4)17(19)21-11-10-20-14-8-6-5-7-9-14/h5-9,12,15-16H,10-11H2,1-4H3/t15-,16-/m1/s1. The van der Waals surface area contributed by atoms with Crippen LogP contribution in [0, 0.1) is 17.3 Å². The van der Waals surface area contributed by atoms with E-state index in [-0.39, 0.29) is 17.3 Å². The van der Waals surface area contributed by atoms with Crippen LogP contribution in [0.25, 0.3) is 0 Å². The molecule has 1 aromatic carbocycles. The Balaban J connectivity index is 1.74. The summed E-state index contributed by atoms with van der Waals surface area (Å²) in [6.07, 6.45) is 2.17. The normalized spacial score (nSPS) is 22.3. The van der Waals surface area contributed by atoms with Crippen molar-refractivity contribution in [2.24, 2.45) is 17.3 Å². The quantitative estimate of drug-likeness (QED) is 0.453. The number of benzene rings is 1. The molecule has 1 aliphatic carbocycles. The fourth-order valence-electron chi connectivity index (χ4n) is 2.71. The molecule has 0 unspecified atom stereocenters.